The van der Waals surface area contributed by atoms with E-state index in [4.69, 9.17) is 4.74 Å². The molecule has 0 spiro atoms. The van der Waals surface area contributed by atoms with Crippen LogP contribution in [0.3, 0.4) is 0 Å². The van der Waals surface area contributed by atoms with Crippen molar-refractivity contribution in [2.45, 2.75) is 24.8 Å². The number of benzene rings is 3. The first-order valence-corrected chi connectivity index (χ1v) is 13.7. The number of ether oxygens (including phenoxy) is 1. The maximum Gasteiger partial charge on any atom is 0.264 e. The summed E-state index contributed by atoms with van der Waals surface area (Å²) in [6, 6.07) is 20.9. The number of nitrogens with zero attached hydrogens (tertiary/aromatic N) is 2. The Morgan fingerprint density at radius 3 is 2.54 bits per heavy atom. The Morgan fingerprint density at radius 1 is 1.09 bits per heavy atom. The van der Waals surface area contributed by atoms with E-state index in [1.807, 2.05) is 55.9 Å². The third-order valence-corrected chi connectivity index (χ3v) is 8.62. The smallest absolute Gasteiger partial charge is 0.264 e. The topological polar surface area (TPSA) is 88.1 Å². The number of sulfonamides is 1. The third kappa shape index (κ3) is 6.04. The van der Waals surface area contributed by atoms with Gasteiger partial charge in [0.25, 0.3) is 15.9 Å². The maximum atomic E-state index is 13.5. The molecule has 3 aromatic carbocycles. The summed E-state index contributed by atoms with van der Waals surface area (Å²) in [6.45, 7) is 3.32. The number of carbonyl (C=O) groups is 1. The fraction of sp³-hybridized carbons (Fsp3) is 0.231. The largest absolute Gasteiger partial charge is 0.489 e. The van der Waals surface area contributed by atoms with Crippen LogP contribution in [0.15, 0.2) is 82.8 Å². The highest BCUT2D eigenvalue weighted by atomic mass is 32.2. The number of anilines is 1. The van der Waals surface area contributed by atoms with Crippen LogP contribution in [0, 0.1) is 13.8 Å². The van der Waals surface area contributed by atoms with Crippen LogP contribution in [0.2, 0.25) is 0 Å². The van der Waals surface area contributed by atoms with E-state index in [1.54, 1.807) is 30.3 Å². The highest BCUT2D eigenvalue weighted by Crippen LogP contribution is 2.28. The van der Waals surface area contributed by atoms with Crippen LogP contribution in [-0.2, 0) is 14.8 Å². The minimum atomic E-state index is -3.98. The summed E-state index contributed by atoms with van der Waals surface area (Å²) >= 11 is 1.84. The van der Waals surface area contributed by atoms with E-state index in [2.05, 4.69) is 10.5 Å². The fourth-order valence-corrected chi connectivity index (χ4v) is 5.58. The van der Waals surface area contributed by atoms with E-state index in [9.17, 15) is 13.2 Å². The fourth-order valence-electron chi connectivity index (χ4n) is 3.51. The number of amides is 1. The monoisotopic (exact) mass is 509 g/mol. The van der Waals surface area contributed by atoms with E-state index < -0.39 is 22.5 Å². The molecule has 1 N–H and O–H groups in total. The Hall–Kier alpha value is -3.30. The Bertz CT molecular complexity index is 1320. The minimum Gasteiger partial charge on any atom is -0.489 e. The molecular formula is C26H27N3O4S2. The van der Waals surface area contributed by atoms with Crippen LogP contribution in [0.5, 0.6) is 5.75 Å². The molecule has 1 fully saturated rings. The molecule has 3 aromatic rings. The van der Waals surface area contributed by atoms with Gasteiger partial charge in [0.1, 0.15) is 18.4 Å². The highest BCUT2D eigenvalue weighted by Gasteiger charge is 2.28. The van der Waals surface area contributed by atoms with Crippen molar-refractivity contribution in [2.75, 3.05) is 22.4 Å². The molecule has 0 aromatic heterocycles. The summed E-state index contributed by atoms with van der Waals surface area (Å²) in [5.41, 5.74) is 5.37. The lowest BCUT2D eigenvalue weighted by Crippen LogP contribution is -2.40. The van der Waals surface area contributed by atoms with E-state index in [-0.39, 0.29) is 11.0 Å². The second-order valence-corrected chi connectivity index (χ2v) is 11.1. The molecule has 1 saturated heterocycles. The third-order valence-electron chi connectivity index (χ3n) is 5.63. The average Bonchev–Trinajstić information content (AvgIpc) is 2.83. The molecule has 0 atom stereocenters. The van der Waals surface area contributed by atoms with Crippen molar-refractivity contribution in [1.29, 1.82) is 0 Å². The van der Waals surface area contributed by atoms with Crippen LogP contribution in [0.25, 0.3) is 0 Å². The number of thioether (sulfide) groups is 1. The van der Waals surface area contributed by atoms with Crippen molar-refractivity contribution in [3.63, 3.8) is 0 Å². The molecule has 9 heteroatoms. The van der Waals surface area contributed by atoms with Gasteiger partial charge >= 0.3 is 0 Å². The number of rotatable bonds is 9. The zero-order valence-corrected chi connectivity index (χ0v) is 21.2. The standard InChI is InChI=1S/C26H27N3O4S2/c1-19-8-6-13-25(20(19)2)29(35(31,32)24-11-4-3-5-12-24)16-26(30)28-27-15-21-9-7-10-22(14-21)33-23-17-34-18-23/h3-15,23H,16-18H2,1-2H3,(H,28,30)/b27-15-. The second kappa shape index (κ2) is 11.0. The summed E-state index contributed by atoms with van der Waals surface area (Å²) in [7, 11) is -3.98. The van der Waals surface area contributed by atoms with Gasteiger partial charge in [0.05, 0.1) is 16.8 Å². The Labute approximate surface area is 210 Å². The lowest BCUT2D eigenvalue weighted by atomic mass is 10.1. The first-order valence-electron chi connectivity index (χ1n) is 11.1. The molecule has 4 rings (SSSR count). The van der Waals surface area contributed by atoms with Gasteiger partial charge in [0.15, 0.2) is 0 Å². The molecule has 1 amide bonds. The van der Waals surface area contributed by atoms with Crippen molar-refractivity contribution >= 4 is 39.6 Å². The summed E-state index contributed by atoms with van der Waals surface area (Å²) in [4.78, 5) is 12.9. The second-order valence-electron chi connectivity index (χ2n) is 8.19. The van der Waals surface area contributed by atoms with Crippen LogP contribution in [0.1, 0.15) is 16.7 Å². The molecule has 35 heavy (non-hydrogen) atoms. The van der Waals surface area contributed by atoms with Crippen molar-refractivity contribution in [2.24, 2.45) is 5.10 Å². The number of nitrogens with one attached hydrogen (secondary N) is 1. The van der Waals surface area contributed by atoms with Gasteiger partial charge in [-0.25, -0.2) is 13.8 Å². The molecule has 1 heterocycles. The van der Waals surface area contributed by atoms with Crippen molar-refractivity contribution in [3.8, 4) is 5.75 Å². The van der Waals surface area contributed by atoms with Crippen molar-refractivity contribution in [3.05, 3.63) is 89.5 Å². The minimum absolute atomic E-state index is 0.110. The van der Waals surface area contributed by atoms with Gasteiger partial charge in [0, 0.05) is 11.5 Å². The molecule has 0 unspecified atom stereocenters. The molecule has 0 aliphatic carbocycles. The summed E-state index contributed by atoms with van der Waals surface area (Å²) in [5.74, 6) is 2.16. The predicted molar refractivity (Wildman–Crippen MR) is 141 cm³/mol. The average molecular weight is 510 g/mol. The van der Waals surface area contributed by atoms with Crippen LogP contribution >= 0.6 is 11.8 Å². The zero-order valence-electron chi connectivity index (χ0n) is 19.5. The summed E-state index contributed by atoms with van der Waals surface area (Å²) < 4.78 is 34.0. The summed E-state index contributed by atoms with van der Waals surface area (Å²) in [5, 5.41) is 4.03. The Kier molecular flexibility index (Phi) is 7.77. The molecule has 1 aliphatic heterocycles. The Morgan fingerprint density at radius 2 is 1.83 bits per heavy atom. The number of aryl methyl sites for hydroxylation is 1. The predicted octanol–water partition coefficient (Wildman–Crippen LogP) is 4.14. The maximum absolute atomic E-state index is 13.5. The van der Waals surface area contributed by atoms with E-state index in [0.29, 0.717) is 5.69 Å². The van der Waals surface area contributed by atoms with Crippen LogP contribution in [-0.4, -0.2) is 44.7 Å². The summed E-state index contributed by atoms with van der Waals surface area (Å²) in [6.07, 6.45) is 1.74. The normalized spacial score (nSPS) is 13.9. The lowest BCUT2D eigenvalue weighted by molar-refractivity contribution is -0.119. The van der Waals surface area contributed by atoms with Gasteiger partial charge in [-0.15, -0.1) is 0 Å². The van der Waals surface area contributed by atoms with Gasteiger partial charge in [0.2, 0.25) is 0 Å². The molecule has 0 saturated carbocycles. The van der Waals surface area contributed by atoms with E-state index >= 15 is 0 Å². The van der Waals surface area contributed by atoms with Gasteiger partial charge in [-0.1, -0.05) is 42.5 Å². The molecule has 182 valence electrons. The Balaban J connectivity index is 1.51. The highest BCUT2D eigenvalue weighted by molar-refractivity contribution is 8.00. The molecule has 7 nitrogen and oxygen atoms in total. The quantitative estimate of drug-likeness (QED) is 0.346. The first-order chi connectivity index (χ1) is 16.8. The van der Waals surface area contributed by atoms with E-state index in [1.165, 1.54) is 18.3 Å². The van der Waals surface area contributed by atoms with E-state index in [0.717, 1.165) is 38.3 Å². The molecule has 0 bridgehead atoms. The van der Waals surface area contributed by atoms with Crippen LogP contribution in [0.4, 0.5) is 5.69 Å². The number of hydrogen-bond donors (Lipinski definition) is 1. The number of carbonyl (C=O) groups excluding carboxylic acids is 1. The van der Waals surface area contributed by atoms with Crippen molar-refractivity contribution < 1.29 is 17.9 Å². The molecule has 0 radical (unpaired) electrons. The molecule has 1 aliphatic rings. The SMILES string of the molecule is Cc1cccc(N(CC(=O)N/N=C\c2cccc(OC3CSC3)c2)S(=O)(=O)c2ccccc2)c1C. The van der Waals surface area contributed by atoms with Gasteiger partial charge in [-0.2, -0.15) is 16.9 Å². The van der Waals surface area contributed by atoms with Gasteiger partial charge in [-0.05, 0) is 60.9 Å². The number of hydrogen-bond acceptors (Lipinski definition) is 6. The lowest BCUT2D eigenvalue weighted by Gasteiger charge is -2.26. The van der Waals surface area contributed by atoms with Crippen LogP contribution < -0.4 is 14.5 Å². The van der Waals surface area contributed by atoms with Gasteiger partial charge < -0.3 is 4.74 Å². The molecular weight excluding hydrogens is 482 g/mol. The zero-order chi connectivity index (χ0) is 24.8. The first kappa shape index (κ1) is 24.8. The van der Waals surface area contributed by atoms with Gasteiger partial charge in [-0.3, -0.25) is 9.10 Å². The number of hydrazone groups is 1. The van der Waals surface area contributed by atoms with Crippen molar-refractivity contribution in [1.82, 2.24) is 5.43 Å².